The maximum Gasteiger partial charge on any atom is 0.322 e. The number of likely N-dealkylation sites (N-methyl/N-ethyl adjacent to an activating group) is 1. The number of aromatic nitrogens is 2. The van der Waals surface area contributed by atoms with E-state index in [2.05, 4.69) is 15.5 Å². The zero-order chi connectivity index (χ0) is 21.5. The van der Waals surface area contributed by atoms with Gasteiger partial charge in [-0.2, -0.15) is 5.10 Å². The van der Waals surface area contributed by atoms with E-state index in [0.29, 0.717) is 29.5 Å². The number of nitrogens with zero attached hydrogens (tertiary/aromatic N) is 3. The quantitative estimate of drug-likeness (QED) is 0.561. The Labute approximate surface area is 181 Å². The molecule has 0 bridgehead atoms. The zero-order valence-corrected chi connectivity index (χ0v) is 18.1. The van der Waals surface area contributed by atoms with Crippen LogP contribution in [0.5, 0.6) is 5.75 Å². The number of ether oxygens (including phenoxy) is 1. The van der Waals surface area contributed by atoms with Crippen molar-refractivity contribution in [1.29, 1.82) is 0 Å². The van der Waals surface area contributed by atoms with E-state index in [1.807, 2.05) is 61.5 Å². The van der Waals surface area contributed by atoms with Crippen molar-refractivity contribution in [1.82, 2.24) is 20.0 Å². The van der Waals surface area contributed by atoms with Gasteiger partial charge in [0, 0.05) is 36.4 Å². The van der Waals surface area contributed by atoms with E-state index >= 15 is 0 Å². The molecule has 158 valence electrons. The molecule has 0 aliphatic carbocycles. The van der Waals surface area contributed by atoms with E-state index in [4.69, 9.17) is 16.3 Å². The minimum atomic E-state index is -0.203. The standard InChI is InChI=1S/C22H26ClN5O2/c1-27(2)9-10-28(15-16-5-4-6-19(23)11-16)22(29)26-20-8-7-17(12-21(20)30-3)18-13-24-25-14-18/h4-8,11-14H,9-10,15H2,1-3H3,(H,24,25)(H,26,29). The van der Waals surface area contributed by atoms with Gasteiger partial charge in [-0.15, -0.1) is 0 Å². The summed E-state index contributed by atoms with van der Waals surface area (Å²) in [5.41, 5.74) is 3.47. The third-order valence-corrected chi connectivity index (χ3v) is 4.88. The topological polar surface area (TPSA) is 73.5 Å². The summed E-state index contributed by atoms with van der Waals surface area (Å²) in [7, 11) is 5.54. The molecule has 3 rings (SSSR count). The van der Waals surface area contributed by atoms with E-state index in [1.54, 1.807) is 24.4 Å². The predicted octanol–water partition coefficient (Wildman–Crippen LogP) is 4.33. The van der Waals surface area contributed by atoms with Crippen LogP contribution in [0.1, 0.15) is 5.56 Å². The molecule has 1 aromatic heterocycles. The van der Waals surface area contributed by atoms with Gasteiger partial charge in [-0.3, -0.25) is 5.10 Å². The molecule has 0 saturated carbocycles. The maximum atomic E-state index is 13.1. The molecule has 0 atom stereocenters. The molecule has 0 aliphatic heterocycles. The lowest BCUT2D eigenvalue weighted by Gasteiger charge is -2.25. The zero-order valence-electron chi connectivity index (χ0n) is 17.4. The molecule has 0 aliphatic rings. The van der Waals surface area contributed by atoms with E-state index in [-0.39, 0.29) is 6.03 Å². The number of aromatic amines is 1. The number of halogens is 1. The van der Waals surface area contributed by atoms with E-state index < -0.39 is 0 Å². The Bertz CT molecular complexity index is 975. The monoisotopic (exact) mass is 427 g/mol. The number of anilines is 1. The van der Waals surface area contributed by atoms with Gasteiger partial charge in [0.25, 0.3) is 0 Å². The van der Waals surface area contributed by atoms with E-state index in [1.165, 1.54) is 0 Å². The molecular formula is C22H26ClN5O2. The third-order valence-electron chi connectivity index (χ3n) is 4.64. The number of methoxy groups -OCH3 is 1. The third kappa shape index (κ3) is 5.75. The first-order valence-electron chi connectivity index (χ1n) is 9.58. The number of urea groups is 1. The molecule has 2 N–H and O–H groups in total. The van der Waals surface area contributed by atoms with Gasteiger partial charge in [0.05, 0.1) is 19.0 Å². The number of benzene rings is 2. The number of carbonyl (C=O) groups is 1. The van der Waals surface area contributed by atoms with Crippen molar-refractivity contribution in [2.24, 2.45) is 0 Å². The van der Waals surface area contributed by atoms with Gasteiger partial charge in [-0.1, -0.05) is 29.8 Å². The molecule has 0 radical (unpaired) electrons. The highest BCUT2D eigenvalue weighted by Gasteiger charge is 2.17. The van der Waals surface area contributed by atoms with Gasteiger partial charge in [0.2, 0.25) is 0 Å². The van der Waals surface area contributed by atoms with Crippen LogP contribution in [0.15, 0.2) is 54.9 Å². The van der Waals surface area contributed by atoms with Crippen LogP contribution in [0, 0.1) is 0 Å². The summed E-state index contributed by atoms with van der Waals surface area (Å²) < 4.78 is 5.51. The van der Waals surface area contributed by atoms with Gasteiger partial charge in [-0.05, 0) is 49.5 Å². The molecule has 2 amide bonds. The maximum absolute atomic E-state index is 13.1. The average molecular weight is 428 g/mol. The average Bonchev–Trinajstić information content (AvgIpc) is 3.26. The summed E-state index contributed by atoms with van der Waals surface area (Å²) in [6, 6.07) is 13.0. The summed E-state index contributed by atoms with van der Waals surface area (Å²) in [5, 5.41) is 10.4. The Hall–Kier alpha value is -3.03. The van der Waals surface area contributed by atoms with Crippen LogP contribution < -0.4 is 10.1 Å². The van der Waals surface area contributed by atoms with Crippen molar-refractivity contribution in [2.45, 2.75) is 6.54 Å². The first-order valence-corrected chi connectivity index (χ1v) is 9.96. The SMILES string of the molecule is COc1cc(-c2cn[nH]c2)ccc1NC(=O)N(CCN(C)C)Cc1cccc(Cl)c1. The normalized spacial score (nSPS) is 10.8. The number of hydrogen-bond donors (Lipinski definition) is 2. The number of rotatable bonds is 8. The summed E-state index contributed by atoms with van der Waals surface area (Å²) in [6.45, 7) is 1.76. The van der Waals surface area contributed by atoms with Crippen LogP contribution >= 0.6 is 11.6 Å². The first kappa shape index (κ1) is 21.7. The molecule has 30 heavy (non-hydrogen) atoms. The van der Waals surface area contributed by atoms with Crippen molar-refractivity contribution in [2.75, 3.05) is 39.6 Å². The number of H-pyrrole nitrogens is 1. The molecule has 8 heteroatoms. The summed E-state index contributed by atoms with van der Waals surface area (Å²) >= 11 is 6.11. The summed E-state index contributed by atoms with van der Waals surface area (Å²) in [6.07, 6.45) is 3.54. The van der Waals surface area contributed by atoms with Crippen LogP contribution in [-0.2, 0) is 6.54 Å². The Morgan fingerprint density at radius 2 is 2.00 bits per heavy atom. The van der Waals surface area contributed by atoms with Crippen molar-refractivity contribution >= 4 is 23.3 Å². The van der Waals surface area contributed by atoms with Gasteiger partial charge >= 0.3 is 6.03 Å². The first-order chi connectivity index (χ1) is 14.5. The largest absolute Gasteiger partial charge is 0.495 e. The second-order valence-corrected chi connectivity index (χ2v) is 7.62. The number of nitrogens with one attached hydrogen (secondary N) is 2. The number of carbonyl (C=O) groups excluding carboxylic acids is 1. The second-order valence-electron chi connectivity index (χ2n) is 7.19. The fraction of sp³-hybridized carbons (Fsp3) is 0.273. The van der Waals surface area contributed by atoms with Crippen LogP contribution in [-0.4, -0.2) is 60.3 Å². The van der Waals surface area contributed by atoms with Crippen LogP contribution in [0.2, 0.25) is 5.02 Å². The minimum absolute atomic E-state index is 0.203. The van der Waals surface area contributed by atoms with Gasteiger partial charge in [-0.25, -0.2) is 4.79 Å². The lowest BCUT2D eigenvalue weighted by Crippen LogP contribution is -2.39. The lowest BCUT2D eigenvalue weighted by atomic mass is 10.1. The molecule has 7 nitrogen and oxygen atoms in total. The molecule has 0 unspecified atom stereocenters. The fourth-order valence-corrected chi connectivity index (χ4v) is 3.22. The summed E-state index contributed by atoms with van der Waals surface area (Å²) in [5.74, 6) is 0.581. The molecule has 1 heterocycles. The highest BCUT2D eigenvalue weighted by molar-refractivity contribution is 6.30. The highest BCUT2D eigenvalue weighted by atomic mass is 35.5. The van der Waals surface area contributed by atoms with Crippen LogP contribution in [0.25, 0.3) is 11.1 Å². The van der Waals surface area contributed by atoms with Gasteiger partial charge in [0.15, 0.2) is 0 Å². The number of amides is 2. The minimum Gasteiger partial charge on any atom is -0.495 e. The second kappa shape index (κ2) is 10.1. The van der Waals surface area contributed by atoms with Gasteiger partial charge < -0.3 is 19.9 Å². The molecule has 3 aromatic rings. The van der Waals surface area contributed by atoms with E-state index in [0.717, 1.165) is 23.2 Å². The highest BCUT2D eigenvalue weighted by Crippen LogP contribution is 2.30. The van der Waals surface area contributed by atoms with Crippen LogP contribution in [0.3, 0.4) is 0 Å². The molecular weight excluding hydrogens is 402 g/mol. The lowest BCUT2D eigenvalue weighted by molar-refractivity contribution is 0.202. The van der Waals surface area contributed by atoms with Crippen molar-refractivity contribution in [3.63, 3.8) is 0 Å². The Morgan fingerprint density at radius 3 is 2.67 bits per heavy atom. The Kier molecular flexibility index (Phi) is 7.32. The predicted molar refractivity (Wildman–Crippen MR) is 120 cm³/mol. The van der Waals surface area contributed by atoms with Crippen LogP contribution in [0.4, 0.5) is 10.5 Å². The number of hydrogen-bond acceptors (Lipinski definition) is 4. The van der Waals surface area contributed by atoms with E-state index in [9.17, 15) is 4.79 Å². The molecule has 2 aromatic carbocycles. The molecule has 0 fully saturated rings. The molecule has 0 saturated heterocycles. The van der Waals surface area contributed by atoms with Crippen molar-refractivity contribution < 1.29 is 9.53 Å². The van der Waals surface area contributed by atoms with Gasteiger partial charge in [0.1, 0.15) is 5.75 Å². The Balaban J connectivity index is 1.78. The van der Waals surface area contributed by atoms with Crippen molar-refractivity contribution in [3.8, 4) is 16.9 Å². The summed E-state index contributed by atoms with van der Waals surface area (Å²) in [4.78, 5) is 16.9. The molecule has 0 spiro atoms. The smallest absolute Gasteiger partial charge is 0.322 e. The fourth-order valence-electron chi connectivity index (χ4n) is 3.01. The Morgan fingerprint density at radius 1 is 1.17 bits per heavy atom. The van der Waals surface area contributed by atoms with Crippen molar-refractivity contribution in [3.05, 3.63) is 65.4 Å².